The van der Waals surface area contributed by atoms with Gasteiger partial charge < -0.3 is 10.3 Å². The van der Waals surface area contributed by atoms with E-state index in [2.05, 4.69) is 15.0 Å². The van der Waals surface area contributed by atoms with Crippen molar-refractivity contribution in [3.8, 4) is 0 Å². The zero-order chi connectivity index (χ0) is 8.72. The van der Waals surface area contributed by atoms with Gasteiger partial charge in [-0.15, -0.1) is 0 Å². The Morgan fingerprint density at radius 3 is 2.92 bits per heavy atom. The smallest absolute Gasteiger partial charge is 0.205 e. The van der Waals surface area contributed by atoms with Crippen LogP contribution in [0.1, 0.15) is 0 Å². The third kappa shape index (κ3) is 0.831. The van der Waals surface area contributed by atoms with Gasteiger partial charge in [0.05, 0.1) is 0 Å². The van der Waals surface area contributed by atoms with Crippen LogP contribution >= 0.6 is 11.6 Å². The molecule has 0 atom stereocenters. The third-order valence-electron chi connectivity index (χ3n) is 1.64. The van der Waals surface area contributed by atoms with Crippen molar-refractivity contribution in [3.05, 3.63) is 11.6 Å². The number of hydrogen-bond acceptors (Lipinski definition) is 4. The molecular formula is C6H6ClN5. The molecule has 0 saturated carbocycles. The summed E-state index contributed by atoms with van der Waals surface area (Å²) in [7, 11) is 1.76. The monoisotopic (exact) mass is 183 g/mol. The molecule has 0 radical (unpaired) electrons. The number of nitrogens with two attached hydrogens (primary N) is 1. The number of rotatable bonds is 0. The standard InChI is InChI=1S/C6H6ClN5/c1-12-3-4(8)9-2-10-5(3)11-6(12)7/h2H,1H3,(H2,8,9,10). The molecule has 0 amide bonds. The van der Waals surface area contributed by atoms with E-state index < -0.39 is 0 Å². The first-order valence-corrected chi connectivity index (χ1v) is 3.66. The van der Waals surface area contributed by atoms with Crippen LogP contribution in [0.25, 0.3) is 11.2 Å². The van der Waals surface area contributed by atoms with E-state index in [1.165, 1.54) is 6.33 Å². The number of imidazole rings is 1. The van der Waals surface area contributed by atoms with Gasteiger partial charge >= 0.3 is 0 Å². The van der Waals surface area contributed by atoms with Gasteiger partial charge in [-0.1, -0.05) is 0 Å². The Morgan fingerprint density at radius 1 is 1.50 bits per heavy atom. The first-order chi connectivity index (χ1) is 5.70. The van der Waals surface area contributed by atoms with Crippen LogP contribution in [0.2, 0.25) is 5.28 Å². The molecule has 2 heterocycles. The molecule has 2 N–H and O–H groups in total. The minimum absolute atomic E-state index is 0.359. The second-order valence-corrected chi connectivity index (χ2v) is 2.71. The average Bonchev–Trinajstić information content (AvgIpc) is 2.29. The topological polar surface area (TPSA) is 69.6 Å². The van der Waals surface area contributed by atoms with Crippen molar-refractivity contribution in [3.63, 3.8) is 0 Å². The number of aromatic nitrogens is 4. The fourth-order valence-corrected chi connectivity index (χ4v) is 1.21. The Kier molecular flexibility index (Phi) is 1.41. The first kappa shape index (κ1) is 7.30. The van der Waals surface area contributed by atoms with Crippen LogP contribution in [-0.4, -0.2) is 19.5 Å². The largest absolute Gasteiger partial charge is 0.382 e. The van der Waals surface area contributed by atoms with E-state index in [-0.39, 0.29) is 0 Å². The van der Waals surface area contributed by atoms with E-state index in [9.17, 15) is 0 Å². The van der Waals surface area contributed by atoms with Gasteiger partial charge in [0.25, 0.3) is 0 Å². The lowest BCUT2D eigenvalue weighted by Crippen LogP contribution is -1.96. The molecule has 2 rings (SSSR count). The minimum Gasteiger partial charge on any atom is -0.382 e. The third-order valence-corrected chi connectivity index (χ3v) is 1.98. The average molecular weight is 184 g/mol. The molecule has 0 saturated heterocycles. The molecule has 62 valence electrons. The van der Waals surface area contributed by atoms with Gasteiger partial charge in [0.1, 0.15) is 11.8 Å². The van der Waals surface area contributed by atoms with E-state index in [4.69, 9.17) is 17.3 Å². The fraction of sp³-hybridized carbons (Fsp3) is 0.167. The lowest BCUT2D eigenvalue weighted by molar-refractivity contribution is 0.947. The number of aryl methyl sites for hydroxylation is 1. The summed E-state index contributed by atoms with van der Waals surface area (Å²) in [4.78, 5) is 11.7. The minimum atomic E-state index is 0.359. The quantitative estimate of drug-likeness (QED) is 0.608. The normalized spacial score (nSPS) is 10.8. The van der Waals surface area contributed by atoms with Gasteiger partial charge in [0, 0.05) is 7.05 Å². The molecule has 0 aliphatic carbocycles. The van der Waals surface area contributed by atoms with Gasteiger partial charge in [0.2, 0.25) is 5.28 Å². The molecule has 0 spiro atoms. The number of anilines is 1. The summed E-state index contributed by atoms with van der Waals surface area (Å²) < 4.78 is 1.65. The SMILES string of the molecule is Cn1c(Cl)nc2ncnc(N)c21. The summed E-state index contributed by atoms with van der Waals surface area (Å²) in [6, 6.07) is 0. The molecule has 0 unspecified atom stereocenters. The van der Waals surface area contributed by atoms with E-state index in [0.29, 0.717) is 22.3 Å². The van der Waals surface area contributed by atoms with E-state index in [1.54, 1.807) is 11.6 Å². The van der Waals surface area contributed by atoms with Gasteiger partial charge in [-0.25, -0.2) is 9.97 Å². The van der Waals surface area contributed by atoms with E-state index >= 15 is 0 Å². The van der Waals surface area contributed by atoms with Crippen LogP contribution in [-0.2, 0) is 7.05 Å². The van der Waals surface area contributed by atoms with Gasteiger partial charge in [-0.3, -0.25) is 0 Å². The van der Waals surface area contributed by atoms with Crippen molar-refractivity contribution in [1.29, 1.82) is 0 Å². The zero-order valence-corrected chi connectivity index (χ0v) is 7.08. The second-order valence-electron chi connectivity index (χ2n) is 2.37. The van der Waals surface area contributed by atoms with Crippen molar-refractivity contribution < 1.29 is 0 Å². The highest BCUT2D eigenvalue weighted by atomic mass is 35.5. The summed E-state index contributed by atoms with van der Waals surface area (Å²) in [5, 5.41) is 0.359. The molecule has 0 aliphatic rings. The zero-order valence-electron chi connectivity index (χ0n) is 6.32. The predicted octanol–water partition coefficient (Wildman–Crippen LogP) is 0.599. The summed E-state index contributed by atoms with van der Waals surface area (Å²) in [6.07, 6.45) is 1.36. The fourth-order valence-electron chi connectivity index (χ4n) is 1.04. The Hall–Kier alpha value is -1.36. The molecule has 2 aromatic heterocycles. The first-order valence-electron chi connectivity index (χ1n) is 3.28. The molecule has 0 fully saturated rings. The Bertz CT molecular complexity index is 435. The Morgan fingerprint density at radius 2 is 2.25 bits per heavy atom. The summed E-state index contributed by atoms with van der Waals surface area (Å²) in [6.45, 7) is 0. The van der Waals surface area contributed by atoms with Crippen LogP contribution < -0.4 is 5.73 Å². The molecule has 0 aliphatic heterocycles. The molecule has 0 bridgehead atoms. The lowest BCUT2D eigenvalue weighted by Gasteiger charge is -1.96. The van der Waals surface area contributed by atoms with Crippen molar-refractivity contribution in [2.45, 2.75) is 0 Å². The van der Waals surface area contributed by atoms with Gasteiger partial charge in [-0.2, -0.15) is 4.98 Å². The van der Waals surface area contributed by atoms with E-state index in [1.807, 2.05) is 0 Å². The molecule has 2 aromatic rings. The lowest BCUT2D eigenvalue weighted by atomic mass is 10.5. The number of nitrogen functional groups attached to an aromatic ring is 1. The number of hydrogen-bond donors (Lipinski definition) is 1. The number of halogens is 1. The van der Waals surface area contributed by atoms with Crippen molar-refractivity contribution >= 4 is 28.6 Å². The van der Waals surface area contributed by atoms with Crippen molar-refractivity contribution in [2.75, 3.05) is 5.73 Å². The number of fused-ring (bicyclic) bond motifs is 1. The molecule has 12 heavy (non-hydrogen) atoms. The van der Waals surface area contributed by atoms with Crippen LogP contribution in [0.4, 0.5) is 5.82 Å². The maximum atomic E-state index is 5.75. The molecule has 5 nitrogen and oxygen atoms in total. The second kappa shape index (κ2) is 2.31. The van der Waals surface area contributed by atoms with E-state index in [0.717, 1.165) is 0 Å². The summed E-state index contributed by atoms with van der Waals surface area (Å²) in [5.41, 5.74) is 6.79. The highest BCUT2D eigenvalue weighted by Gasteiger charge is 2.09. The molecule has 0 aromatic carbocycles. The highest BCUT2D eigenvalue weighted by Crippen LogP contribution is 2.19. The molecule has 6 heteroatoms. The van der Waals surface area contributed by atoms with Crippen LogP contribution in [0.5, 0.6) is 0 Å². The van der Waals surface area contributed by atoms with Gasteiger partial charge in [-0.05, 0) is 11.6 Å². The van der Waals surface area contributed by atoms with Gasteiger partial charge in [0.15, 0.2) is 11.5 Å². The highest BCUT2D eigenvalue weighted by molar-refractivity contribution is 6.29. The van der Waals surface area contributed by atoms with Crippen LogP contribution in [0.15, 0.2) is 6.33 Å². The predicted molar refractivity (Wildman–Crippen MR) is 45.7 cm³/mol. The number of nitrogens with zero attached hydrogens (tertiary/aromatic N) is 4. The maximum absolute atomic E-state index is 5.75. The van der Waals surface area contributed by atoms with Crippen molar-refractivity contribution in [1.82, 2.24) is 19.5 Å². The van der Waals surface area contributed by atoms with Crippen molar-refractivity contribution in [2.24, 2.45) is 7.05 Å². The summed E-state index contributed by atoms with van der Waals surface area (Å²) in [5.74, 6) is 0.391. The molecular weight excluding hydrogens is 178 g/mol. The van der Waals surface area contributed by atoms with Crippen LogP contribution in [0.3, 0.4) is 0 Å². The Balaban J connectivity index is 2.97. The summed E-state index contributed by atoms with van der Waals surface area (Å²) >= 11 is 5.75. The van der Waals surface area contributed by atoms with Crippen LogP contribution in [0, 0.1) is 0 Å². The maximum Gasteiger partial charge on any atom is 0.205 e. The Labute approximate surface area is 73.2 Å².